The van der Waals surface area contributed by atoms with Gasteiger partial charge < -0.3 is 15.2 Å². The maximum atomic E-state index is 11.2. The van der Waals surface area contributed by atoms with E-state index in [9.17, 15) is 9.32 Å². The third-order valence-corrected chi connectivity index (χ3v) is 4.47. The standard InChI is InChI=1S/C15H25NO3S/c1-13(20(2)18)8-9-16-10-15(17)12-19-11-14-6-4-3-5-7-14/h3-7,13,15-17H,8-12H2,1-2H3. The van der Waals surface area contributed by atoms with Crippen LogP contribution >= 0.6 is 0 Å². The van der Waals surface area contributed by atoms with E-state index in [2.05, 4.69) is 5.32 Å². The van der Waals surface area contributed by atoms with Crippen molar-refractivity contribution in [3.05, 3.63) is 35.9 Å². The molecular weight excluding hydrogens is 274 g/mol. The van der Waals surface area contributed by atoms with E-state index in [0.29, 0.717) is 19.8 Å². The molecule has 3 atom stereocenters. The number of aliphatic hydroxyl groups excluding tert-OH is 1. The van der Waals surface area contributed by atoms with Gasteiger partial charge in [-0.1, -0.05) is 37.3 Å². The van der Waals surface area contributed by atoms with Crippen LogP contribution in [0.25, 0.3) is 0 Å². The summed E-state index contributed by atoms with van der Waals surface area (Å²) >= 11 is 0. The maximum absolute atomic E-state index is 11.2. The van der Waals surface area contributed by atoms with Gasteiger partial charge in [-0.15, -0.1) is 0 Å². The van der Waals surface area contributed by atoms with Crippen LogP contribution in [0, 0.1) is 0 Å². The summed E-state index contributed by atoms with van der Waals surface area (Å²) < 4.78 is 16.6. The van der Waals surface area contributed by atoms with E-state index in [1.165, 1.54) is 0 Å². The SMILES string of the molecule is CC(CCNCC(O)COCc1ccccc1)S(C)=O. The van der Waals surface area contributed by atoms with Gasteiger partial charge in [0.25, 0.3) is 0 Å². The van der Waals surface area contributed by atoms with Gasteiger partial charge in [-0.25, -0.2) is 0 Å². The van der Waals surface area contributed by atoms with Crippen molar-refractivity contribution in [1.82, 2.24) is 5.32 Å². The van der Waals surface area contributed by atoms with Crippen LogP contribution in [0.15, 0.2) is 30.3 Å². The van der Waals surface area contributed by atoms with Crippen molar-refractivity contribution < 1.29 is 14.1 Å². The summed E-state index contributed by atoms with van der Waals surface area (Å²) in [4.78, 5) is 0. The largest absolute Gasteiger partial charge is 0.389 e. The molecule has 0 heterocycles. The van der Waals surface area contributed by atoms with E-state index in [1.54, 1.807) is 6.26 Å². The van der Waals surface area contributed by atoms with Crippen LogP contribution in [0.3, 0.4) is 0 Å². The van der Waals surface area contributed by atoms with Crippen LogP contribution in [0.1, 0.15) is 18.9 Å². The number of aliphatic hydroxyl groups is 1. The van der Waals surface area contributed by atoms with Crippen molar-refractivity contribution >= 4 is 10.8 Å². The monoisotopic (exact) mass is 299 g/mol. The summed E-state index contributed by atoms with van der Waals surface area (Å²) in [5, 5.41) is 13.1. The average molecular weight is 299 g/mol. The van der Waals surface area contributed by atoms with Crippen LogP contribution in [0.2, 0.25) is 0 Å². The van der Waals surface area contributed by atoms with Gasteiger partial charge in [0.1, 0.15) is 0 Å². The summed E-state index contributed by atoms with van der Waals surface area (Å²) in [6.07, 6.45) is 2.05. The number of rotatable bonds is 10. The minimum Gasteiger partial charge on any atom is -0.389 e. The number of benzene rings is 1. The predicted molar refractivity (Wildman–Crippen MR) is 83.1 cm³/mol. The predicted octanol–water partition coefficient (Wildman–Crippen LogP) is 1.31. The Morgan fingerprint density at radius 1 is 1.35 bits per heavy atom. The zero-order valence-corrected chi connectivity index (χ0v) is 13.1. The third kappa shape index (κ3) is 7.75. The first kappa shape index (κ1) is 17.3. The van der Waals surface area contributed by atoms with Crippen molar-refractivity contribution in [2.45, 2.75) is 31.3 Å². The van der Waals surface area contributed by atoms with Gasteiger partial charge in [0.2, 0.25) is 0 Å². The number of hydrogen-bond donors (Lipinski definition) is 2. The molecule has 3 unspecified atom stereocenters. The smallest absolute Gasteiger partial charge is 0.0897 e. The molecule has 20 heavy (non-hydrogen) atoms. The average Bonchev–Trinajstić information content (AvgIpc) is 2.44. The molecule has 0 aliphatic heterocycles. The van der Waals surface area contributed by atoms with Crippen molar-refractivity contribution in [1.29, 1.82) is 0 Å². The molecule has 5 heteroatoms. The molecule has 114 valence electrons. The molecule has 1 aromatic carbocycles. The molecule has 0 amide bonds. The molecule has 4 nitrogen and oxygen atoms in total. The van der Waals surface area contributed by atoms with E-state index in [-0.39, 0.29) is 5.25 Å². The number of ether oxygens (including phenoxy) is 1. The minimum atomic E-state index is -0.778. The lowest BCUT2D eigenvalue weighted by molar-refractivity contribution is 0.0289. The zero-order chi connectivity index (χ0) is 14.8. The van der Waals surface area contributed by atoms with Crippen LogP contribution in [0.5, 0.6) is 0 Å². The Morgan fingerprint density at radius 2 is 2.05 bits per heavy atom. The summed E-state index contributed by atoms with van der Waals surface area (Å²) in [6, 6.07) is 9.89. The third-order valence-electron chi connectivity index (χ3n) is 3.10. The Kier molecular flexibility index (Phi) is 8.69. The Labute approximate surface area is 124 Å². The van der Waals surface area contributed by atoms with Gasteiger partial charge in [0.05, 0.1) is 19.3 Å². The first-order chi connectivity index (χ1) is 9.59. The first-order valence-corrected chi connectivity index (χ1v) is 8.54. The second-order valence-corrected chi connectivity index (χ2v) is 6.76. The lowest BCUT2D eigenvalue weighted by Crippen LogP contribution is -2.32. The summed E-state index contributed by atoms with van der Waals surface area (Å²) in [6.45, 7) is 4.06. The molecule has 0 spiro atoms. The van der Waals surface area contributed by atoms with E-state index in [1.807, 2.05) is 37.3 Å². The number of hydrogen-bond acceptors (Lipinski definition) is 4. The van der Waals surface area contributed by atoms with E-state index < -0.39 is 16.9 Å². The Hall–Kier alpha value is -0.750. The molecule has 0 bridgehead atoms. The molecule has 0 aromatic heterocycles. The summed E-state index contributed by atoms with van der Waals surface area (Å²) in [5.74, 6) is 0. The fourth-order valence-corrected chi connectivity index (χ4v) is 2.14. The lowest BCUT2D eigenvalue weighted by Gasteiger charge is -2.13. The molecule has 2 N–H and O–H groups in total. The second-order valence-electron chi connectivity index (χ2n) is 4.96. The van der Waals surface area contributed by atoms with E-state index in [4.69, 9.17) is 4.74 Å². The van der Waals surface area contributed by atoms with Crippen molar-refractivity contribution in [3.8, 4) is 0 Å². The van der Waals surface area contributed by atoms with Crippen LogP contribution in [0.4, 0.5) is 0 Å². The topological polar surface area (TPSA) is 58.6 Å². The highest BCUT2D eigenvalue weighted by atomic mass is 32.2. The molecule has 0 radical (unpaired) electrons. The van der Waals surface area contributed by atoms with Crippen LogP contribution < -0.4 is 5.32 Å². The molecule has 0 aliphatic rings. The molecule has 0 fully saturated rings. The van der Waals surface area contributed by atoms with Crippen molar-refractivity contribution in [2.75, 3.05) is 26.0 Å². The number of nitrogens with one attached hydrogen (secondary N) is 1. The molecule has 0 saturated heterocycles. The van der Waals surface area contributed by atoms with Crippen LogP contribution in [-0.2, 0) is 22.1 Å². The highest BCUT2D eigenvalue weighted by Crippen LogP contribution is 2.01. The normalized spacial score (nSPS) is 15.8. The second kappa shape index (κ2) is 10.0. The molecule has 0 aliphatic carbocycles. The maximum Gasteiger partial charge on any atom is 0.0897 e. The molecule has 0 saturated carbocycles. The highest BCUT2D eigenvalue weighted by molar-refractivity contribution is 7.84. The summed E-state index contributed by atoms with van der Waals surface area (Å²) in [7, 11) is -0.778. The van der Waals surface area contributed by atoms with E-state index >= 15 is 0 Å². The quantitative estimate of drug-likeness (QED) is 0.640. The molecule has 1 aromatic rings. The minimum absolute atomic E-state index is 0.189. The first-order valence-electron chi connectivity index (χ1n) is 6.92. The Morgan fingerprint density at radius 3 is 2.70 bits per heavy atom. The zero-order valence-electron chi connectivity index (χ0n) is 12.2. The van der Waals surface area contributed by atoms with Gasteiger partial charge in [-0.05, 0) is 18.5 Å². The highest BCUT2D eigenvalue weighted by Gasteiger charge is 2.07. The molecule has 1 rings (SSSR count). The van der Waals surface area contributed by atoms with Crippen molar-refractivity contribution in [2.24, 2.45) is 0 Å². The van der Waals surface area contributed by atoms with Gasteiger partial charge >= 0.3 is 0 Å². The molecular formula is C15H25NO3S. The summed E-state index contributed by atoms with van der Waals surface area (Å²) in [5.41, 5.74) is 1.10. The van der Waals surface area contributed by atoms with Gasteiger partial charge in [-0.3, -0.25) is 4.21 Å². The van der Waals surface area contributed by atoms with E-state index in [0.717, 1.165) is 18.5 Å². The van der Waals surface area contributed by atoms with Gasteiger partial charge in [0, 0.05) is 28.9 Å². The van der Waals surface area contributed by atoms with Crippen molar-refractivity contribution in [3.63, 3.8) is 0 Å². The van der Waals surface area contributed by atoms with Gasteiger partial charge in [0.15, 0.2) is 0 Å². The lowest BCUT2D eigenvalue weighted by atomic mass is 10.2. The Balaban J connectivity index is 2.03. The van der Waals surface area contributed by atoms with Gasteiger partial charge in [-0.2, -0.15) is 0 Å². The fraction of sp³-hybridized carbons (Fsp3) is 0.600. The van der Waals surface area contributed by atoms with Crippen LogP contribution in [-0.4, -0.2) is 46.6 Å². The Bertz CT molecular complexity index is 386. The fourth-order valence-electron chi connectivity index (χ4n) is 1.69.